The predicted molar refractivity (Wildman–Crippen MR) is 70.5 cm³/mol. The van der Waals surface area contributed by atoms with E-state index in [-0.39, 0.29) is 17.9 Å². The number of rotatable bonds is 5. The van der Waals surface area contributed by atoms with Gasteiger partial charge in [-0.05, 0) is 18.4 Å². The summed E-state index contributed by atoms with van der Waals surface area (Å²) in [6.45, 7) is 6.34. The van der Waals surface area contributed by atoms with E-state index in [1.54, 1.807) is 4.68 Å². The lowest BCUT2D eigenvalue weighted by atomic mass is 9.87. The summed E-state index contributed by atoms with van der Waals surface area (Å²) >= 11 is 0. The summed E-state index contributed by atoms with van der Waals surface area (Å²) in [5.74, 6) is -0.798. The highest BCUT2D eigenvalue weighted by Gasteiger charge is 2.22. The molecule has 1 heterocycles. The molecule has 1 unspecified atom stereocenters. The molecule has 0 aliphatic rings. The first-order valence-corrected chi connectivity index (χ1v) is 6.20. The van der Waals surface area contributed by atoms with Crippen molar-refractivity contribution < 1.29 is 9.90 Å². The molecule has 0 radical (unpaired) electrons. The molecule has 1 aromatic heterocycles. The van der Waals surface area contributed by atoms with Crippen molar-refractivity contribution >= 4 is 5.97 Å². The molecular weight excluding hydrogens is 230 g/mol. The Balaban J connectivity index is 2.75. The second kappa shape index (κ2) is 5.52. The van der Waals surface area contributed by atoms with Crippen LogP contribution >= 0.6 is 0 Å². The highest BCUT2D eigenvalue weighted by Crippen LogP contribution is 2.25. The molecule has 0 aliphatic carbocycles. The van der Waals surface area contributed by atoms with E-state index in [0.29, 0.717) is 12.8 Å². The number of nitrogens with two attached hydrogens (primary N) is 1. The average molecular weight is 253 g/mol. The second-order valence-electron chi connectivity index (χ2n) is 5.82. The van der Waals surface area contributed by atoms with Crippen molar-refractivity contribution in [2.24, 2.45) is 12.8 Å². The summed E-state index contributed by atoms with van der Waals surface area (Å²) in [5.41, 5.74) is 8.10. The fourth-order valence-electron chi connectivity index (χ4n) is 2.01. The second-order valence-corrected chi connectivity index (χ2v) is 5.82. The third-order valence-electron chi connectivity index (χ3n) is 2.83. The molecular formula is C13H23N3O2. The molecule has 0 aliphatic heterocycles. The smallest absolute Gasteiger partial charge is 0.303 e. The van der Waals surface area contributed by atoms with Crippen molar-refractivity contribution in [2.75, 3.05) is 0 Å². The number of hydrogen-bond donors (Lipinski definition) is 2. The maximum atomic E-state index is 10.5. The SMILES string of the molecule is Cn1cc(CC(N)CCC(=O)O)c(C(C)(C)C)n1. The highest BCUT2D eigenvalue weighted by molar-refractivity contribution is 5.66. The van der Waals surface area contributed by atoms with Crippen LogP contribution < -0.4 is 5.73 Å². The third kappa shape index (κ3) is 4.14. The number of aromatic nitrogens is 2. The van der Waals surface area contributed by atoms with Gasteiger partial charge >= 0.3 is 5.97 Å². The molecule has 5 heteroatoms. The van der Waals surface area contributed by atoms with Crippen molar-refractivity contribution in [1.82, 2.24) is 9.78 Å². The maximum absolute atomic E-state index is 10.5. The number of carboxylic acids is 1. The van der Waals surface area contributed by atoms with Gasteiger partial charge in [-0.25, -0.2) is 0 Å². The minimum absolute atomic E-state index is 0.0247. The van der Waals surface area contributed by atoms with E-state index in [0.717, 1.165) is 11.3 Å². The molecule has 1 atom stereocenters. The van der Waals surface area contributed by atoms with Crippen LogP contribution in [0, 0.1) is 0 Å². The topological polar surface area (TPSA) is 81.1 Å². The number of aryl methyl sites for hydroxylation is 1. The van der Waals surface area contributed by atoms with Gasteiger partial charge in [0, 0.05) is 31.1 Å². The van der Waals surface area contributed by atoms with E-state index in [4.69, 9.17) is 10.8 Å². The van der Waals surface area contributed by atoms with E-state index >= 15 is 0 Å². The van der Waals surface area contributed by atoms with Gasteiger partial charge in [-0.1, -0.05) is 20.8 Å². The Hall–Kier alpha value is -1.36. The number of carboxylic acid groups (broad SMARTS) is 1. The normalized spacial score (nSPS) is 13.6. The number of nitrogens with zero attached hydrogens (tertiary/aromatic N) is 2. The molecule has 102 valence electrons. The van der Waals surface area contributed by atoms with E-state index < -0.39 is 5.97 Å². The van der Waals surface area contributed by atoms with Crippen LogP contribution in [0.1, 0.15) is 44.9 Å². The van der Waals surface area contributed by atoms with Crippen molar-refractivity contribution in [3.63, 3.8) is 0 Å². The summed E-state index contributed by atoms with van der Waals surface area (Å²) in [6.07, 6.45) is 3.26. The first-order valence-electron chi connectivity index (χ1n) is 6.20. The fraction of sp³-hybridized carbons (Fsp3) is 0.692. The van der Waals surface area contributed by atoms with Crippen molar-refractivity contribution in [3.05, 3.63) is 17.5 Å². The summed E-state index contributed by atoms with van der Waals surface area (Å²) in [5, 5.41) is 13.1. The standard InChI is InChI=1S/C13H23N3O2/c1-13(2,3)12-9(8-16(4)15-12)7-10(14)5-6-11(17)18/h8,10H,5-7,14H2,1-4H3,(H,17,18). The van der Waals surface area contributed by atoms with Crippen LogP contribution in [0.3, 0.4) is 0 Å². The fourth-order valence-corrected chi connectivity index (χ4v) is 2.01. The van der Waals surface area contributed by atoms with Crippen molar-refractivity contribution in [1.29, 1.82) is 0 Å². The molecule has 0 amide bonds. The van der Waals surface area contributed by atoms with Crippen molar-refractivity contribution in [2.45, 2.75) is 51.5 Å². The molecule has 0 spiro atoms. The van der Waals surface area contributed by atoms with Gasteiger partial charge in [0.1, 0.15) is 0 Å². The maximum Gasteiger partial charge on any atom is 0.303 e. The zero-order valence-electron chi connectivity index (χ0n) is 11.6. The van der Waals surface area contributed by atoms with Crippen LogP contribution in [0.2, 0.25) is 0 Å². The quantitative estimate of drug-likeness (QED) is 0.832. The molecule has 0 saturated heterocycles. The Kier molecular flexibility index (Phi) is 4.51. The van der Waals surface area contributed by atoms with Gasteiger partial charge in [0.2, 0.25) is 0 Å². The monoisotopic (exact) mass is 253 g/mol. The van der Waals surface area contributed by atoms with Crippen molar-refractivity contribution in [3.8, 4) is 0 Å². The van der Waals surface area contributed by atoms with Crippen LogP contribution in [0.4, 0.5) is 0 Å². The van der Waals surface area contributed by atoms with E-state index in [2.05, 4.69) is 25.9 Å². The number of carbonyl (C=O) groups is 1. The molecule has 0 bridgehead atoms. The third-order valence-corrected chi connectivity index (χ3v) is 2.83. The van der Waals surface area contributed by atoms with E-state index in [1.807, 2.05) is 13.2 Å². The van der Waals surface area contributed by atoms with Gasteiger partial charge in [-0.15, -0.1) is 0 Å². The largest absolute Gasteiger partial charge is 0.481 e. The van der Waals surface area contributed by atoms with Gasteiger partial charge in [0.05, 0.1) is 5.69 Å². The van der Waals surface area contributed by atoms with Gasteiger partial charge in [0.25, 0.3) is 0 Å². The zero-order chi connectivity index (χ0) is 13.9. The predicted octanol–water partition coefficient (Wildman–Crippen LogP) is 1.45. The molecule has 3 N–H and O–H groups in total. The van der Waals surface area contributed by atoms with Gasteiger partial charge < -0.3 is 10.8 Å². The Labute approximate surface area is 108 Å². The summed E-state index contributed by atoms with van der Waals surface area (Å²) in [7, 11) is 1.89. The number of aliphatic carboxylic acids is 1. The van der Waals surface area contributed by atoms with Crippen LogP contribution in [-0.4, -0.2) is 26.9 Å². The molecule has 1 rings (SSSR count). The summed E-state index contributed by atoms with van der Waals surface area (Å²) < 4.78 is 1.79. The van der Waals surface area contributed by atoms with Crippen LogP contribution in [0.25, 0.3) is 0 Å². The van der Waals surface area contributed by atoms with Gasteiger partial charge in [-0.2, -0.15) is 5.10 Å². The van der Waals surface area contributed by atoms with Crippen LogP contribution in [-0.2, 0) is 23.7 Å². The first kappa shape index (κ1) is 14.7. The minimum atomic E-state index is -0.798. The molecule has 18 heavy (non-hydrogen) atoms. The van der Waals surface area contributed by atoms with Crippen LogP contribution in [0.15, 0.2) is 6.20 Å². The Morgan fingerprint density at radius 1 is 1.56 bits per heavy atom. The zero-order valence-corrected chi connectivity index (χ0v) is 11.6. The lowest BCUT2D eigenvalue weighted by Gasteiger charge is -2.19. The lowest BCUT2D eigenvalue weighted by molar-refractivity contribution is -0.137. The average Bonchev–Trinajstić information content (AvgIpc) is 2.56. The van der Waals surface area contributed by atoms with E-state index in [1.165, 1.54) is 0 Å². The first-order chi connectivity index (χ1) is 8.20. The molecule has 0 saturated carbocycles. The summed E-state index contributed by atoms with van der Waals surface area (Å²) in [4.78, 5) is 10.5. The molecule has 0 aromatic carbocycles. The Bertz CT molecular complexity index is 418. The molecule has 1 aromatic rings. The van der Waals surface area contributed by atoms with Gasteiger partial charge in [-0.3, -0.25) is 9.48 Å². The number of hydrogen-bond acceptors (Lipinski definition) is 3. The van der Waals surface area contributed by atoms with Gasteiger partial charge in [0.15, 0.2) is 0 Å². The Morgan fingerprint density at radius 3 is 2.67 bits per heavy atom. The highest BCUT2D eigenvalue weighted by atomic mass is 16.4. The lowest BCUT2D eigenvalue weighted by Crippen LogP contribution is -2.25. The summed E-state index contributed by atoms with van der Waals surface area (Å²) in [6, 6.07) is -0.133. The van der Waals surface area contributed by atoms with E-state index in [9.17, 15) is 4.79 Å². The van der Waals surface area contributed by atoms with Crippen LogP contribution in [0.5, 0.6) is 0 Å². The molecule has 0 fully saturated rings. The molecule has 5 nitrogen and oxygen atoms in total. The Morgan fingerprint density at radius 2 is 2.17 bits per heavy atom. The minimum Gasteiger partial charge on any atom is -0.481 e.